The number of nitrogens with two attached hydrogens (primary N) is 1. The molecule has 0 aliphatic carbocycles. The van der Waals surface area contributed by atoms with Crippen LogP contribution in [0.2, 0.25) is 0 Å². The average molecular weight is 334 g/mol. The average Bonchev–Trinajstić information content (AvgIpc) is 2.85. The first-order valence-electron chi connectivity index (χ1n) is 6.68. The van der Waals surface area contributed by atoms with Crippen molar-refractivity contribution in [1.29, 1.82) is 0 Å². The van der Waals surface area contributed by atoms with Crippen LogP contribution >= 0.6 is 0 Å². The zero-order valence-electron chi connectivity index (χ0n) is 11.9. The summed E-state index contributed by atoms with van der Waals surface area (Å²) in [5, 5.41) is 10.7. The van der Waals surface area contributed by atoms with E-state index in [1.807, 2.05) is 0 Å². The van der Waals surface area contributed by atoms with Crippen LogP contribution in [0.4, 0.5) is 17.3 Å². The number of fused-ring (bicyclic) bond motifs is 1. The highest BCUT2D eigenvalue weighted by atomic mass is 32.2. The summed E-state index contributed by atoms with van der Waals surface area (Å²) in [6, 6.07) is 6.73. The van der Waals surface area contributed by atoms with Gasteiger partial charge in [0.25, 0.3) is 10.2 Å². The maximum atomic E-state index is 11.4. The number of benzene rings is 1. The lowest BCUT2D eigenvalue weighted by Gasteiger charge is -2.09. The Morgan fingerprint density at radius 2 is 1.96 bits per heavy atom. The fraction of sp³-hybridized carbons (Fsp3) is 0.154. The summed E-state index contributed by atoms with van der Waals surface area (Å²) in [7, 11) is -3.78. The van der Waals surface area contributed by atoms with Gasteiger partial charge in [-0.05, 0) is 17.7 Å². The molecule has 1 aromatic carbocycles. The van der Waals surface area contributed by atoms with E-state index in [-0.39, 0.29) is 12.3 Å². The van der Waals surface area contributed by atoms with E-state index in [2.05, 4.69) is 25.3 Å². The second-order valence-electron chi connectivity index (χ2n) is 4.97. The van der Waals surface area contributed by atoms with Crippen LogP contribution < -0.4 is 20.5 Å². The number of carbonyl (C=O) groups is 1. The molecule has 23 heavy (non-hydrogen) atoms. The van der Waals surface area contributed by atoms with Gasteiger partial charge >= 0.3 is 0 Å². The molecule has 3 rings (SSSR count). The molecule has 9 nitrogen and oxygen atoms in total. The molecule has 0 saturated carbocycles. The summed E-state index contributed by atoms with van der Waals surface area (Å²) in [4.78, 5) is 19.6. The molecule has 0 spiro atoms. The van der Waals surface area contributed by atoms with Crippen LogP contribution in [0.3, 0.4) is 0 Å². The van der Waals surface area contributed by atoms with Gasteiger partial charge in [0.1, 0.15) is 18.0 Å². The van der Waals surface area contributed by atoms with Gasteiger partial charge in [-0.25, -0.2) is 15.1 Å². The Hall–Kier alpha value is -2.72. The molecule has 10 heteroatoms. The van der Waals surface area contributed by atoms with E-state index in [4.69, 9.17) is 5.14 Å². The molecule has 1 amide bonds. The molecule has 0 unspecified atom stereocenters. The Kier molecular flexibility index (Phi) is 3.84. The van der Waals surface area contributed by atoms with E-state index >= 15 is 0 Å². The lowest BCUT2D eigenvalue weighted by atomic mass is 10.2. The van der Waals surface area contributed by atoms with Gasteiger partial charge in [0, 0.05) is 17.8 Å². The van der Waals surface area contributed by atoms with E-state index in [9.17, 15) is 13.2 Å². The zero-order chi connectivity index (χ0) is 16.4. The number of nitrogens with zero attached hydrogens (tertiary/aromatic N) is 2. The van der Waals surface area contributed by atoms with Gasteiger partial charge in [-0.15, -0.1) is 0 Å². The van der Waals surface area contributed by atoms with Crippen molar-refractivity contribution in [2.75, 3.05) is 15.4 Å². The third kappa shape index (κ3) is 3.73. The molecule has 120 valence electrons. The lowest BCUT2D eigenvalue weighted by Crippen LogP contribution is -2.21. The maximum Gasteiger partial charge on any atom is 0.296 e. The van der Waals surface area contributed by atoms with Gasteiger partial charge in [0.15, 0.2) is 0 Å². The van der Waals surface area contributed by atoms with Gasteiger partial charge in [-0.2, -0.15) is 8.42 Å². The topological polar surface area (TPSA) is 139 Å². The van der Waals surface area contributed by atoms with Crippen molar-refractivity contribution in [2.45, 2.75) is 13.0 Å². The smallest absolute Gasteiger partial charge is 0.296 e. The second kappa shape index (κ2) is 5.82. The summed E-state index contributed by atoms with van der Waals surface area (Å²) in [5.74, 6) is 1.02. The van der Waals surface area contributed by atoms with Crippen molar-refractivity contribution in [3.8, 4) is 0 Å². The number of aromatic nitrogens is 2. The SMILES string of the molecule is NS(=O)(=O)Nc1ccc(CNc2ncnc3c2CC(=O)N3)cc1. The number of rotatable bonds is 5. The monoisotopic (exact) mass is 334 g/mol. The Morgan fingerprint density at radius 3 is 2.65 bits per heavy atom. The summed E-state index contributed by atoms with van der Waals surface area (Å²) in [6.45, 7) is 0.466. The summed E-state index contributed by atoms with van der Waals surface area (Å²) in [6.07, 6.45) is 1.63. The van der Waals surface area contributed by atoms with E-state index in [0.29, 0.717) is 23.9 Å². The van der Waals surface area contributed by atoms with Crippen LogP contribution in [0, 0.1) is 0 Å². The summed E-state index contributed by atoms with van der Waals surface area (Å²) < 4.78 is 24.1. The highest BCUT2D eigenvalue weighted by molar-refractivity contribution is 7.90. The molecule has 5 N–H and O–H groups in total. The quantitative estimate of drug-likeness (QED) is 0.616. The molecule has 0 fully saturated rings. The minimum Gasteiger partial charge on any atom is -0.366 e. The molecular formula is C13H14N6O3S. The first kappa shape index (κ1) is 15.2. The molecule has 2 aromatic rings. The van der Waals surface area contributed by atoms with Crippen LogP contribution in [0.5, 0.6) is 0 Å². The Bertz CT molecular complexity index is 851. The predicted octanol–water partition coefficient (Wildman–Crippen LogP) is 0.199. The normalized spacial score (nSPS) is 13.3. The standard InChI is InChI=1S/C13H14N6O3S/c14-23(21,22)19-9-3-1-8(2-4-9)6-15-12-10-5-11(20)18-13(10)17-7-16-12/h1-4,7,19H,5-6H2,(H2,14,21,22)(H2,15,16,17,18,20). The molecular weight excluding hydrogens is 320 g/mol. The van der Waals surface area contributed by atoms with Crippen LogP contribution in [0.1, 0.15) is 11.1 Å². The van der Waals surface area contributed by atoms with Crippen molar-refractivity contribution in [1.82, 2.24) is 9.97 Å². The fourth-order valence-electron chi connectivity index (χ4n) is 2.22. The number of anilines is 3. The van der Waals surface area contributed by atoms with Crippen molar-refractivity contribution in [2.24, 2.45) is 5.14 Å². The molecule has 1 aliphatic rings. The summed E-state index contributed by atoms with van der Waals surface area (Å²) in [5.41, 5.74) is 2.04. The van der Waals surface area contributed by atoms with Crippen LogP contribution in [-0.4, -0.2) is 24.3 Å². The van der Waals surface area contributed by atoms with Gasteiger partial charge < -0.3 is 10.6 Å². The van der Waals surface area contributed by atoms with Gasteiger partial charge in [0.05, 0.1) is 6.42 Å². The maximum absolute atomic E-state index is 11.4. The third-order valence-electron chi connectivity index (χ3n) is 3.21. The third-order valence-corrected chi connectivity index (χ3v) is 3.73. The Balaban J connectivity index is 1.68. The predicted molar refractivity (Wildman–Crippen MR) is 84.9 cm³/mol. The molecule has 0 atom stereocenters. The molecule has 0 radical (unpaired) electrons. The Labute approximate surface area is 132 Å². The van der Waals surface area contributed by atoms with E-state index in [0.717, 1.165) is 11.1 Å². The molecule has 1 aromatic heterocycles. The van der Waals surface area contributed by atoms with Crippen LogP contribution in [0.25, 0.3) is 0 Å². The van der Waals surface area contributed by atoms with E-state index < -0.39 is 10.2 Å². The molecule has 2 heterocycles. The van der Waals surface area contributed by atoms with Gasteiger partial charge in [-0.1, -0.05) is 12.1 Å². The minimum absolute atomic E-state index is 0.109. The molecule has 0 bridgehead atoms. The van der Waals surface area contributed by atoms with Gasteiger partial charge in [0.2, 0.25) is 5.91 Å². The number of carbonyl (C=O) groups excluding carboxylic acids is 1. The first-order valence-corrected chi connectivity index (χ1v) is 8.22. The minimum atomic E-state index is -3.78. The van der Waals surface area contributed by atoms with Crippen molar-refractivity contribution in [3.05, 3.63) is 41.7 Å². The van der Waals surface area contributed by atoms with E-state index in [1.165, 1.54) is 6.33 Å². The highest BCUT2D eigenvalue weighted by Gasteiger charge is 2.22. The first-order chi connectivity index (χ1) is 10.9. The van der Waals surface area contributed by atoms with Crippen molar-refractivity contribution in [3.63, 3.8) is 0 Å². The number of hydrogen-bond donors (Lipinski definition) is 4. The molecule has 1 aliphatic heterocycles. The fourth-order valence-corrected chi connectivity index (χ4v) is 2.68. The highest BCUT2D eigenvalue weighted by Crippen LogP contribution is 2.26. The number of hydrogen-bond acceptors (Lipinski definition) is 6. The second-order valence-corrected chi connectivity index (χ2v) is 6.27. The largest absolute Gasteiger partial charge is 0.366 e. The Morgan fingerprint density at radius 1 is 1.22 bits per heavy atom. The van der Waals surface area contributed by atoms with Crippen molar-refractivity contribution >= 4 is 33.4 Å². The lowest BCUT2D eigenvalue weighted by molar-refractivity contribution is -0.115. The zero-order valence-corrected chi connectivity index (χ0v) is 12.7. The van der Waals surface area contributed by atoms with E-state index in [1.54, 1.807) is 24.3 Å². The molecule has 0 saturated heterocycles. The van der Waals surface area contributed by atoms with Crippen LogP contribution in [-0.2, 0) is 28.0 Å². The van der Waals surface area contributed by atoms with Crippen LogP contribution in [0.15, 0.2) is 30.6 Å². The number of nitrogens with one attached hydrogen (secondary N) is 3. The summed E-state index contributed by atoms with van der Waals surface area (Å²) >= 11 is 0. The van der Waals surface area contributed by atoms with Crippen molar-refractivity contribution < 1.29 is 13.2 Å². The van der Waals surface area contributed by atoms with Gasteiger partial charge in [-0.3, -0.25) is 9.52 Å². The number of amides is 1.